The van der Waals surface area contributed by atoms with Gasteiger partial charge in [0.25, 0.3) is 0 Å². The molecule has 2 nitrogen and oxygen atoms in total. The lowest BCUT2D eigenvalue weighted by atomic mass is 10.1. The van der Waals surface area contributed by atoms with Gasteiger partial charge < -0.3 is 4.74 Å². The Kier molecular flexibility index (Phi) is 4.06. The SMILES string of the molecule is COc1ccc2cc(-c3ccc(CN4CCCC4)cc3)sc2c1. The quantitative estimate of drug-likeness (QED) is 0.656. The number of fused-ring (bicyclic) bond motifs is 1. The summed E-state index contributed by atoms with van der Waals surface area (Å²) in [7, 11) is 1.72. The largest absolute Gasteiger partial charge is 0.497 e. The van der Waals surface area contributed by atoms with E-state index in [9.17, 15) is 0 Å². The third-order valence-electron chi connectivity index (χ3n) is 4.57. The van der Waals surface area contributed by atoms with Gasteiger partial charge >= 0.3 is 0 Å². The van der Waals surface area contributed by atoms with E-state index in [0.717, 1.165) is 12.3 Å². The molecule has 0 saturated carbocycles. The number of hydrogen-bond acceptors (Lipinski definition) is 3. The Labute approximate surface area is 141 Å². The van der Waals surface area contributed by atoms with Crippen molar-refractivity contribution in [1.82, 2.24) is 4.90 Å². The molecule has 0 radical (unpaired) electrons. The first-order chi connectivity index (χ1) is 11.3. The normalized spacial score (nSPS) is 15.3. The second-order valence-corrected chi connectivity index (χ2v) is 7.28. The van der Waals surface area contributed by atoms with E-state index < -0.39 is 0 Å². The first-order valence-corrected chi connectivity index (χ1v) is 9.03. The molecular weight excluding hydrogens is 302 g/mol. The Morgan fingerprint density at radius 2 is 1.78 bits per heavy atom. The van der Waals surface area contributed by atoms with E-state index in [4.69, 9.17) is 4.74 Å². The molecule has 0 bridgehead atoms. The highest BCUT2D eigenvalue weighted by atomic mass is 32.1. The minimum absolute atomic E-state index is 0.923. The van der Waals surface area contributed by atoms with Crippen molar-refractivity contribution in [3.05, 3.63) is 54.1 Å². The molecular formula is C20H21NOS. The first kappa shape index (κ1) is 14.7. The van der Waals surface area contributed by atoms with Gasteiger partial charge in [-0.2, -0.15) is 0 Å². The predicted molar refractivity (Wildman–Crippen MR) is 98.3 cm³/mol. The van der Waals surface area contributed by atoms with Crippen LogP contribution in [0.15, 0.2) is 48.5 Å². The third kappa shape index (κ3) is 3.12. The van der Waals surface area contributed by atoms with Crippen LogP contribution < -0.4 is 4.74 Å². The maximum Gasteiger partial charge on any atom is 0.120 e. The van der Waals surface area contributed by atoms with E-state index in [2.05, 4.69) is 47.4 Å². The molecule has 1 fully saturated rings. The zero-order valence-corrected chi connectivity index (χ0v) is 14.2. The minimum atomic E-state index is 0.923. The molecule has 23 heavy (non-hydrogen) atoms. The molecule has 0 N–H and O–H groups in total. The minimum Gasteiger partial charge on any atom is -0.497 e. The Hall–Kier alpha value is -1.84. The second kappa shape index (κ2) is 6.34. The molecule has 3 aromatic rings. The van der Waals surface area contributed by atoms with Gasteiger partial charge in [-0.15, -0.1) is 11.3 Å². The van der Waals surface area contributed by atoms with Gasteiger partial charge in [0.1, 0.15) is 5.75 Å². The monoisotopic (exact) mass is 323 g/mol. The third-order valence-corrected chi connectivity index (χ3v) is 5.72. The molecule has 0 aliphatic carbocycles. The summed E-state index contributed by atoms with van der Waals surface area (Å²) in [5, 5.41) is 1.28. The Bertz CT molecular complexity index is 800. The summed E-state index contributed by atoms with van der Waals surface area (Å²) >= 11 is 1.83. The maximum absolute atomic E-state index is 5.32. The molecule has 0 atom stereocenters. The number of nitrogens with zero attached hydrogens (tertiary/aromatic N) is 1. The van der Waals surface area contributed by atoms with Crippen molar-refractivity contribution >= 4 is 21.4 Å². The van der Waals surface area contributed by atoms with Crippen molar-refractivity contribution in [3.63, 3.8) is 0 Å². The van der Waals surface area contributed by atoms with Crippen LogP contribution in [-0.4, -0.2) is 25.1 Å². The average Bonchev–Trinajstić information content (AvgIpc) is 3.24. The van der Waals surface area contributed by atoms with Gasteiger partial charge in [-0.05, 0) is 66.7 Å². The Morgan fingerprint density at radius 3 is 2.52 bits per heavy atom. The van der Waals surface area contributed by atoms with Crippen LogP contribution in [0, 0.1) is 0 Å². The highest BCUT2D eigenvalue weighted by molar-refractivity contribution is 7.22. The fraction of sp³-hybridized carbons (Fsp3) is 0.300. The lowest BCUT2D eigenvalue weighted by Crippen LogP contribution is -2.18. The van der Waals surface area contributed by atoms with Gasteiger partial charge in [0.05, 0.1) is 7.11 Å². The lowest BCUT2D eigenvalue weighted by Gasteiger charge is -2.14. The van der Waals surface area contributed by atoms with E-state index in [1.165, 1.54) is 52.0 Å². The molecule has 0 amide bonds. The van der Waals surface area contributed by atoms with Crippen LogP contribution in [0.25, 0.3) is 20.5 Å². The molecule has 2 heterocycles. The number of benzene rings is 2. The highest BCUT2D eigenvalue weighted by Gasteiger charge is 2.12. The molecule has 0 unspecified atom stereocenters. The zero-order chi connectivity index (χ0) is 15.6. The van der Waals surface area contributed by atoms with Crippen LogP contribution in [0.3, 0.4) is 0 Å². The summed E-state index contributed by atoms with van der Waals surface area (Å²) in [5.74, 6) is 0.923. The molecule has 1 aliphatic heterocycles. The standard InChI is InChI=1S/C20H21NOS/c1-22-18-9-8-17-12-19(23-20(17)13-18)16-6-4-15(5-7-16)14-21-10-2-3-11-21/h4-9,12-13H,2-3,10-11,14H2,1H3. The fourth-order valence-electron chi connectivity index (χ4n) is 3.25. The average molecular weight is 323 g/mol. The second-order valence-electron chi connectivity index (χ2n) is 6.19. The number of ether oxygens (including phenoxy) is 1. The highest BCUT2D eigenvalue weighted by Crippen LogP contribution is 2.35. The summed E-state index contributed by atoms with van der Waals surface area (Å²) in [4.78, 5) is 3.86. The summed E-state index contributed by atoms with van der Waals surface area (Å²) < 4.78 is 6.60. The number of methoxy groups -OCH3 is 1. The van der Waals surface area contributed by atoms with Crippen LogP contribution in [0.2, 0.25) is 0 Å². The van der Waals surface area contributed by atoms with Crippen LogP contribution in [0.5, 0.6) is 5.75 Å². The smallest absolute Gasteiger partial charge is 0.120 e. The maximum atomic E-state index is 5.32. The van der Waals surface area contributed by atoms with Crippen molar-refractivity contribution in [2.75, 3.05) is 20.2 Å². The lowest BCUT2D eigenvalue weighted by molar-refractivity contribution is 0.331. The predicted octanol–water partition coefficient (Wildman–Crippen LogP) is 5.17. The van der Waals surface area contributed by atoms with Gasteiger partial charge in [-0.25, -0.2) is 0 Å². The van der Waals surface area contributed by atoms with E-state index in [1.807, 2.05) is 17.4 Å². The van der Waals surface area contributed by atoms with Crippen LogP contribution in [0.4, 0.5) is 0 Å². The van der Waals surface area contributed by atoms with Gasteiger partial charge in [-0.3, -0.25) is 4.90 Å². The van der Waals surface area contributed by atoms with Gasteiger partial charge in [0.2, 0.25) is 0 Å². The van der Waals surface area contributed by atoms with Crippen molar-refractivity contribution in [2.24, 2.45) is 0 Å². The summed E-state index contributed by atoms with van der Waals surface area (Å²) in [6.07, 6.45) is 2.70. The number of likely N-dealkylation sites (tertiary alicyclic amines) is 1. The molecule has 4 rings (SSSR count). The zero-order valence-electron chi connectivity index (χ0n) is 13.4. The number of hydrogen-bond donors (Lipinski definition) is 0. The summed E-state index contributed by atoms with van der Waals surface area (Å²) in [6, 6.07) is 17.6. The van der Waals surface area contributed by atoms with Gasteiger partial charge in [-0.1, -0.05) is 24.3 Å². The van der Waals surface area contributed by atoms with Crippen molar-refractivity contribution < 1.29 is 4.74 Å². The van der Waals surface area contributed by atoms with Gasteiger partial charge in [0.15, 0.2) is 0 Å². The summed E-state index contributed by atoms with van der Waals surface area (Å²) in [5.41, 5.74) is 2.72. The molecule has 118 valence electrons. The van der Waals surface area contributed by atoms with Crippen molar-refractivity contribution in [3.8, 4) is 16.2 Å². The topological polar surface area (TPSA) is 12.5 Å². The van der Waals surface area contributed by atoms with Gasteiger partial charge in [0, 0.05) is 16.1 Å². The van der Waals surface area contributed by atoms with E-state index >= 15 is 0 Å². The van der Waals surface area contributed by atoms with Crippen molar-refractivity contribution in [1.29, 1.82) is 0 Å². The van der Waals surface area contributed by atoms with E-state index in [0.29, 0.717) is 0 Å². The van der Waals surface area contributed by atoms with E-state index in [1.54, 1.807) is 7.11 Å². The van der Waals surface area contributed by atoms with Crippen molar-refractivity contribution in [2.45, 2.75) is 19.4 Å². The van der Waals surface area contributed by atoms with Crippen LogP contribution in [-0.2, 0) is 6.54 Å². The van der Waals surface area contributed by atoms with Crippen LogP contribution >= 0.6 is 11.3 Å². The molecule has 2 aromatic carbocycles. The number of rotatable bonds is 4. The molecule has 1 aliphatic rings. The number of thiophene rings is 1. The molecule has 3 heteroatoms. The molecule has 0 spiro atoms. The Morgan fingerprint density at radius 1 is 1.00 bits per heavy atom. The molecule has 1 aromatic heterocycles. The first-order valence-electron chi connectivity index (χ1n) is 8.21. The van der Waals surface area contributed by atoms with E-state index in [-0.39, 0.29) is 0 Å². The Balaban J connectivity index is 1.57. The summed E-state index contributed by atoms with van der Waals surface area (Å²) in [6.45, 7) is 3.59. The fourth-order valence-corrected chi connectivity index (χ4v) is 4.35. The molecule has 1 saturated heterocycles. The van der Waals surface area contributed by atoms with Crippen LogP contribution in [0.1, 0.15) is 18.4 Å².